The molecular formula is C22H25BrN2O5S. The fourth-order valence-electron chi connectivity index (χ4n) is 3.20. The first kappa shape index (κ1) is 23.5. The Morgan fingerprint density at radius 2 is 1.74 bits per heavy atom. The molecule has 0 N–H and O–H groups in total. The van der Waals surface area contributed by atoms with Gasteiger partial charge in [0.1, 0.15) is 10.7 Å². The highest BCUT2D eigenvalue weighted by Gasteiger charge is 2.29. The maximum absolute atomic E-state index is 5.92. The van der Waals surface area contributed by atoms with Crippen molar-refractivity contribution in [2.24, 2.45) is 7.05 Å². The second-order valence-electron chi connectivity index (χ2n) is 6.43. The summed E-state index contributed by atoms with van der Waals surface area (Å²) in [5.41, 5.74) is 1.60. The van der Waals surface area contributed by atoms with Gasteiger partial charge in [0.25, 0.3) is 0 Å². The summed E-state index contributed by atoms with van der Waals surface area (Å²) in [5, 5.41) is 0.829. The molecule has 1 heterocycles. The number of imidazole rings is 1. The average molecular weight is 509 g/mol. The molecule has 9 heteroatoms. The molecule has 0 spiro atoms. The minimum absolute atomic E-state index is 0.0502. The van der Waals surface area contributed by atoms with E-state index in [0.717, 1.165) is 21.3 Å². The van der Waals surface area contributed by atoms with Crippen LogP contribution < -0.4 is 14.2 Å². The van der Waals surface area contributed by atoms with Gasteiger partial charge in [-0.3, -0.25) is 0 Å². The summed E-state index contributed by atoms with van der Waals surface area (Å²) < 4.78 is 30.6. The van der Waals surface area contributed by atoms with E-state index >= 15 is 0 Å². The number of halogens is 1. The van der Waals surface area contributed by atoms with Crippen molar-refractivity contribution in [2.75, 3.05) is 35.2 Å². The van der Waals surface area contributed by atoms with E-state index in [4.69, 9.17) is 28.7 Å². The van der Waals surface area contributed by atoms with Crippen LogP contribution in [0.15, 0.2) is 57.1 Å². The molecule has 0 amide bonds. The number of aromatic nitrogens is 2. The molecule has 0 fully saturated rings. The minimum Gasteiger partial charge on any atom is -0.493 e. The van der Waals surface area contributed by atoms with Crippen LogP contribution >= 0.6 is 27.7 Å². The molecule has 0 saturated heterocycles. The molecule has 1 atom stereocenters. The van der Waals surface area contributed by atoms with Gasteiger partial charge in [0.2, 0.25) is 5.75 Å². The predicted molar refractivity (Wildman–Crippen MR) is 122 cm³/mol. The number of methoxy groups -OCH3 is 4. The number of rotatable bonds is 10. The normalized spacial score (nSPS) is 11.9. The summed E-state index contributed by atoms with van der Waals surface area (Å²) in [6.45, 7) is 0.0502. The Hall–Kier alpha value is -2.20. The van der Waals surface area contributed by atoms with Crippen LogP contribution in [-0.2, 0) is 16.5 Å². The quantitative estimate of drug-likeness (QED) is 0.354. The third kappa shape index (κ3) is 5.01. The molecule has 166 valence electrons. The molecule has 1 unspecified atom stereocenters. The fraction of sp³-hybridized carbons (Fsp3) is 0.318. The van der Waals surface area contributed by atoms with Crippen molar-refractivity contribution in [3.8, 4) is 17.2 Å². The highest BCUT2D eigenvalue weighted by Crippen LogP contribution is 2.46. The van der Waals surface area contributed by atoms with Crippen LogP contribution in [0.1, 0.15) is 17.4 Å². The molecule has 1 aromatic heterocycles. The van der Waals surface area contributed by atoms with Gasteiger partial charge >= 0.3 is 0 Å². The lowest BCUT2D eigenvalue weighted by Gasteiger charge is -2.23. The van der Waals surface area contributed by atoms with Crippen LogP contribution in [0.25, 0.3) is 0 Å². The number of ether oxygens (including phenoxy) is 5. The van der Waals surface area contributed by atoms with E-state index in [2.05, 4.69) is 15.9 Å². The summed E-state index contributed by atoms with van der Waals surface area (Å²) in [7, 11) is 8.31. The van der Waals surface area contributed by atoms with Gasteiger partial charge in [-0.1, -0.05) is 30.0 Å². The summed E-state index contributed by atoms with van der Waals surface area (Å²) in [5.74, 6) is 1.51. The number of hydrogen-bond donors (Lipinski definition) is 0. The Morgan fingerprint density at radius 3 is 2.35 bits per heavy atom. The van der Waals surface area contributed by atoms with Gasteiger partial charge in [0.05, 0.1) is 19.9 Å². The van der Waals surface area contributed by atoms with Crippen molar-refractivity contribution < 1.29 is 23.7 Å². The van der Waals surface area contributed by atoms with E-state index in [1.807, 2.05) is 54.1 Å². The molecule has 3 aromatic rings. The van der Waals surface area contributed by atoms with Gasteiger partial charge in [-0.25, -0.2) is 4.98 Å². The molecule has 7 nitrogen and oxygen atoms in total. The molecule has 0 aliphatic heterocycles. The molecule has 2 aromatic carbocycles. The van der Waals surface area contributed by atoms with Crippen molar-refractivity contribution >= 4 is 27.7 Å². The topological polar surface area (TPSA) is 64.0 Å². The molecule has 31 heavy (non-hydrogen) atoms. The lowest BCUT2D eigenvalue weighted by molar-refractivity contribution is 0.0446. The van der Waals surface area contributed by atoms with Crippen molar-refractivity contribution in [1.29, 1.82) is 0 Å². The molecule has 0 aliphatic carbocycles. The van der Waals surface area contributed by atoms with Crippen molar-refractivity contribution in [1.82, 2.24) is 9.55 Å². The monoisotopic (exact) mass is 508 g/mol. The highest BCUT2D eigenvalue weighted by atomic mass is 79.9. The van der Waals surface area contributed by atoms with Gasteiger partial charge in [0, 0.05) is 31.7 Å². The first-order chi connectivity index (χ1) is 15.0. The van der Waals surface area contributed by atoms with Crippen LogP contribution in [0.4, 0.5) is 0 Å². The van der Waals surface area contributed by atoms with E-state index < -0.39 is 6.10 Å². The molecule has 0 saturated carbocycles. The van der Waals surface area contributed by atoms with E-state index in [1.54, 1.807) is 40.2 Å². The van der Waals surface area contributed by atoms with E-state index in [9.17, 15) is 0 Å². The van der Waals surface area contributed by atoms with Crippen LogP contribution in [-0.4, -0.2) is 44.8 Å². The zero-order chi connectivity index (χ0) is 22.4. The van der Waals surface area contributed by atoms with Crippen LogP contribution in [0, 0.1) is 0 Å². The van der Waals surface area contributed by atoms with Crippen LogP contribution in [0.2, 0.25) is 0 Å². The van der Waals surface area contributed by atoms with Crippen molar-refractivity contribution in [2.45, 2.75) is 16.2 Å². The number of nitrogens with zero attached hydrogens (tertiary/aromatic N) is 2. The molecule has 0 aliphatic rings. The average Bonchev–Trinajstić information content (AvgIpc) is 3.06. The SMILES string of the molecule is COCOc1c(C(OC)c2c(Br)nc(Sc3ccccc3)n2C)ccc(OC)c1OC. The summed E-state index contributed by atoms with van der Waals surface area (Å²) in [6, 6.07) is 13.8. The largest absolute Gasteiger partial charge is 0.493 e. The minimum atomic E-state index is -0.483. The van der Waals surface area contributed by atoms with Gasteiger partial charge < -0.3 is 28.3 Å². The van der Waals surface area contributed by atoms with Gasteiger partial charge in [-0.05, 0) is 40.2 Å². The summed E-state index contributed by atoms with van der Waals surface area (Å²) in [4.78, 5) is 5.81. The third-order valence-electron chi connectivity index (χ3n) is 4.62. The first-order valence-corrected chi connectivity index (χ1v) is 11.0. The van der Waals surface area contributed by atoms with Crippen molar-refractivity contribution in [3.63, 3.8) is 0 Å². The maximum Gasteiger partial charge on any atom is 0.203 e. The van der Waals surface area contributed by atoms with Gasteiger partial charge in [0.15, 0.2) is 23.4 Å². The third-order valence-corrected chi connectivity index (χ3v) is 6.26. The lowest BCUT2D eigenvalue weighted by atomic mass is 10.0. The van der Waals surface area contributed by atoms with E-state index in [1.165, 1.54) is 0 Å². The first-order valence-electron chi connectivity index (χ1n) is 9.40. The Kier molecular flexibility index (Phi) is 8.25. The Balaban J connectivity index is 2.08. The lowest BCUT2D eigenvalue weighted by Crippen LogP contribution is -2.13. The summed E-state index contributed by atoms with van der Waals surface area (Å²) in [6.07, 6.45) is -0.483. The maximum atomic E-state index is 5.92. The number of benzene rings is 2. The Morgan fingerprint density at radius 1 is 1.00 bits per heavy atom. The Labute approximate surface area is 194 Å². The van der Waals surface area contributed by atoms with Gasteiger partial charge in [-0.15, -0.1) is 0 Å². The van der Waals surface area contributed by atoms with Crippen molar-refractivity contribution in [3.05, 3.63) is 58.3 Å². The van der Waals surface area contributed by atoms with E-state index in [-0.39, 0.29) is 6.79 Å². The number of hydrogen-bond acceptors (Lipinski definition) is 7. The predicted octanol–water partition coefficient (Wildman–Crippen LogP) is 5.07. The smallest absolute Gasteiger partial charge is 0.203 e. The fourth-order valence-corrected chi connectivity index (χ4v) is 4.84. The highest BCUT2D eigenvalue weighted by molar-refractivity contribution is 9.10. The molecule has 0 radical (unpaired) electrons. The van der Waals surface area contributed by atoms with E-state index in [0.29, 0.717) is 21.9 Å². The van der Waals surface area contributed by atoms with Gasteiger partial charge in [-0.2, -0.15) is 0 Å². The second-order valence-corrected chi connectivity index (χ2v) is 8.22. The zero-order valence-corrected chi connectivity index (χ0v) is 20.5. The van der Waals surface area contributed by atoms with Crippen LogP contribution in [0.3, 0.4) is 0 Å². The Bertz CT molecular complexity index is 1010. The second kappa shape index (κ2) is 10.9. The summed E-state index contributed by atoms with van der Waals surface area (Å²) >= 11 is 5.19. The zero-order valence-electron chi connectivity index (χ0n) is 18.0. The standard InChI is InChI=1S/C22H25BrN2O5S/c1-25-17(21(23)24-22(25)31-14-9-7-6-8-10-14)18(28-4)15-11-12-16(27-3)20(29-5)19(15)30-13-26-2/h6-12,18H,13H2,1-5H3. The molecular weight excluding hydrogens is 484 g/mol. The van der Waals surface area contributed by atoms with Crippen LogP contribution in [0.5, 0.6) is 17.2 Å². The molecule has 0 bridgehead atoms. The molecule has 3 rings (SSSR count).